The highest BCUT2D eigenvalue weighted by molar-refractivity contribution is 6.06. The monoisotopic (exact) mass is 292 g/mol. The minimum absolute atomic E-state index is 0.0658. The van der Waals surface area contributed by atoms with Gasteiger partial charge in [0.2, 0.25) is 0 Å². The summed E-state index contributed by atoms with van der Waals surface area (Å²) in [5, 5.41) is 8.29. The van der Waals surface area contributed by atoms with Crippen molar-refractivity contribution in [2.24, 2.45) is 7.05 Å². The third-order valence-electron chi connectivity index (χ3n) is 3.26. The van der Waals surface area contributed by atoms with Gasteiger partial charge in [-0.15, -0.1) is 0 Å². The molecule has 3 aromatic rings. The molecule has 5 nitrogen and oxygen atoms in total. The number of aryl methyl sites for hydroxylation is 1. The van der Waals surface area contributed by atoms with E-state index in [1.54, 1.807) is 42.5 Å². The normalized spacial score (nSPS) is 11.1. The number of aromatic nitrogens is 4. The molecular weight excluding hydrogens is 276 g/mol. The van der Waals surface area contributed by atoms with E-state index in [0.29, 0.717) is 12.1 Å². The average molecular weight is 292 g/mol. The van der Waals surface area contributed by atoms with Gasteiger partial charge in [-0.2, -0.15) is 10.2 Å². The van der Waals surface area contributed by atoms with Gasteiger partial charge in [0.1, 0.15) is 0 Å². The Morgan fingerprint density at radius 3 is 2.68 bits per heavy atom. The van der Waals surface area contributed by atoms with Gasteiger partial charge in [0.15, 0.2) is 5.78 Å². The number of allylic oxidation sites excluding steroid dienone is 1. The molecule has 0 amide bonds. The first-order valence-corrected chi connectivity index (χ1v) is 6.98. The van der Waals surface area contributed by atoms with Gasteiger partial charge >= 0.3 is 0 Å². The zero-order chi connectivity index (χ0) is 15.4. The van der Waals surface area contributed by atoms with Crippen LogP contribution in [0.25, 0.3) is 6.08 Å². The molecule has 0 saturated carbocycles. The first kappa shape index (κ1) is 14.0. The number of ketones is 1. The van der Waals surface area contributed by atoms with E-state index in [0.717, 1.165) is 5.56 Å². The lowest BCUT2D eigenvalue weighted by Gasteiger charge is -2.00. The summed E-state index contributed by atoms with van der Waals surface area (Å²) >= 11 is 0. The van der Waals surface area contributed by atoms with Crippen LogP contribution in [0.5, 0.6) is 0 Å². The SMILES string of the molecule is Cn1cc(C(=O)/C=C\c2cnn(Cc3ccccc3)c2)cn1. The van der Waals surface area contributed by atoms with E-state index in [1.807, 2.05) is 29.1 Å². The largest absolute Gasteiger partial charge is 0.289 e. The van der Waals surface area contributed by atoms with E-state index in [9.17, 15) is 4.79 Å². The molecule has 0 unspecified atom stereocenters. The van der Waals surface area contributed by atoms with Gasteiger partial charge in [-0.1, -0.05) is 30.3 Å². The maximum Gasteiger partial charge on any atom is 0.189 e. The summed E-state index contributed by atoms with van der Waals surface area (Å²) < 4.78 is 3.46. The van der Waals surface area contributed by atoms with Crippen molar-refractivity contribution >= 4 is 11.9 Å². The Morgan fingerprint density at radius 2 is 1.95 bits per heavy atom. The number of nitrogens with zero attached hydrogens (tertiary/aromatic N) is 4. The van der Waals surface area contributed by atoms with E-state index in [1.165, 1.54) is 5.56 Å². The van der Waals surface area contributed by atoms with E-state index in [-0.39, 0.29) is 5.78 Å². The summed E-state index contributed by atoms with van der Waals surface area (Å²) in [6.45, 7) is 0.714. The second-order valence-electron chi connectivity index (χ2n) is 5.06. The highest BCUT2D eigenvalue weighted by Crippen LogP contribution is 2.07. The van der Waals surface area contributed by atoms with Crippen LogP contribution in [0, 0.1) is 0 Å². The summed E-state index contributed by atoms with van der Waals surface area (Å²) in [5.74, 6) is -0.0658. The average Bonchev–Trinajstić information content (AvgIpc) is 3.15. The predicted molar refractivity (Wildman–Crippen MR) is 84.3 cm³/mol. The Kier molecular flexibility index (Phi) is 3.96. The number of benzene rings is 1. The summed E-state index contributed by atoms with van der Waals surface area (Å²) in [5.41, 5.74) is 2.66. The Hall–Kier alpha value is -2.95. The van der Waals surface area contributed by atoms with Crippen molar-refractivity contribution < 1.29 is 4.79 Å². The van der Waals surface area contributed by atoms with Gasteiger partial charge in [0.25, 0.3) is 0 Å². The van der Waals surface area contributed by atoms with Crippen LogP contribution < -0.4 is 0 Å². The van der Waals surface area contributed by atoms with Crippen LogP contribution in [0.3, 0.4) is 0 Å². The van der Waals surface area contributed by atoms with E-state index in [4.69, 9.17) is 0 Å². The van der Waals surface area contributed by atoms with Crippen LogP contribution in [-0.2, 0) is 13.6 Å². The molecule has 0 fully saturated rings. The molecule has 0 bridgehead atoms. The van der Waals surface area contributed by atoms with Crippen molar-refractivity contribution in [3.8, 4) is 0 Å². The molecule has 0 aliphatic rings. The van der Waals surface area contributed by atoms with Crippen molar-refractivity contribution in [1.82, 2.24) is 19.6 Å². The maximum atomic E-state index is 12.0. The predicted octanol–water partition coefficient (Wildman–Crippen LogP) is 2.56. The molecule has 0 radical (unpaired) electrons. The third-order valence-corrected chi connectivity index (χ3v) is 3.26. The third kappa shape index (κ3) is 3.38. The zero-order valence-electron chi connectivity index (χ0n) is 12.3. The van der Waals surface area contributed by atoms with Crippen molar-refractivity contribution in [2.75, 3.05) is 0 Å². The minimum atomic E-state index is -0.0658. The van der Waals surface area contributed by atoms with Crippen LogP contribution >= 0.6 is 0 Å². The van der Waals surface area contributed by atoms with Gasteiger partial charge in [-0.3, -0.25) is 14.2 Å². The molecule has 1 aromatic carbocycles. The van der Waals surface area contributed by atoms with Gasteiger partial charge < -0.3 is 0 Å². The first-order valence-electron chi connectivity index (χ1n) is 6.98. The number of hydrogen-bond donors (Lipinski definition) is 0. The smallest absolute Gasteiger partial charge is 0.189 e. The number of carbonyl (C=O) groups excluding carboxylic acids is 1. The van der Waals surface area contributed by atoms with Crippen LogP contribution in [0.1, 0.15) is 21.5 Å². The lowest BCUT2D eigenvalue weighted by atomic mass is 10.2. The van der Waals surface area contributed by atoms with Gasteiger partial charge in [-0.05, 0) is 17.7 Å². The lowest BCUT2D eigenvalue weighted by Crippen LogP contribution is -1.99. The molecule has 110 valence electrons. The van der Waals surface area contributed by atoms with Crippen LogP contribution in [0.2, 0.25) is 0 Å². The Bertz CT molecular complexity index is 799. The molecule has 2 heterocycles. The Labute approximate surface area is 128 Å². The molecule has 0 atom stereocenters. The molecule has 0 N–H and O–H groups in total. The number of carbonyl (C=O) groups is 1. The molecule has 0 spiro atoms. The van der Waals surface area contributed by atoms with Crippen LogP contribution in [0.4, 0.5) is 0 Å². The molecule has 0 aliphatic carbocycles. The van der Waals surface area contributed by atoms with Gasteiger partial charge in [0.05, 0.1) is 24.5 Å². The summed E-state index contributed by atoms with van der Waals surface area (Å²) in [6, 6.07) is 10.1. The molecular formula is C17H16N4O. The number of hydrogen-bond acceptors (Lipinski definition) is 3. The van der Waals surface area contributed by atoms with E-state index < -0.39 is 0 Å². The Balaban J connectivity index is 1.66. The van der Waals surface area contributed by atoms with Gasteiger partial charge in [-0.25, -0.2) is 0 Å². The fourth-order valence-electron chi connectivity index (χ4n) is 2.14. The molecule has 2 aromatic heterocycles. The topological polar surface area (TPSA) is 52.7 Å². The highest BCUT2D eigenvalue weighted by Gasteiger charge is 2.04. The van der Waals surface area contributed by atoms with E-state index >= 15 is 0 Å². The standard InChI is InChI=1S/C17H16N4O/c1-20-13-16(10-18-20)17(22)8-7-15-9-19-21(12-15)11-14-5-3-2-4-6-14/h2-10,12-13H,11H2,1H3/b8-7-. The first-order chi connectivity index (χ1) is 10.7. The highest BCUT2D eigenvalue weighted by atomic mass is 16.1. The molecule has 0 saturated heterocycles. The molecule has 22 heavy (non-hydrogen) atoms. The van der Waals surface area contributed by atoms with Crippen LogP contribution in [-0.4, -0.2) is 25.3 Å². The summed E-state index contributed by atoms with van der Waals surface area (Å²) in [7, 11) is 1.79. The van der Waals surface area contributed by atoms with Gasteiger partial charge in [0, 0.05) is 25.0 Å². The quantitative estimate of drug-likeness (QED) is 0.536. The summed E-state index contributed by atoms with van der Waals surface area (Å²) in [4.78, 5) is 12.0. The zero-order valence-corrected chi connectivity index (χ0v) is 12.3. The maximum absolute atomic E-state index is 12.0. The Morgan fingerprint density at radius 1 is 1.14 bits per heavy atom. The van der Waals surface area contributed by atoms with Crippen molar-refractivity contribution in [3.63, 3.8) is 0 Å². The van der Waals surface area contributed by atoms with Crippen molar-refractivity contribution in [2.45, 2.75) is 6.54 Å². The fourth-order valence-corrected chi connectivity index (χ4v) is 2.14. The second kappa shape index (κ2) is 6.22. The molecule has 0 aliphatic heterocycles. The minimum Gasteiger partial charge on any atom is -0.289 e. The molecule has 5 heteroatoms. The second-order valence-corrected chi connectivity index (χ2v) is 5.06. The molecule has 3 rings (SSSR count). The van der Waals surface area contributed by atoms with Crippen LogP contribution in [0.15, 0.2) is 61.2 Å². The van der Waals surface area contributed by atoms with Crippen molar-refractivity contribution in [3.05, 3.63) is 77.9 Å². The fraction of sp³-hybridized carbons (Fsp3) is 0.118. The summed E-state index contributed by atoms with van der Waals surface area (Å²) in [6.07, 6.45) is 10.2. The number of rotatable bonds is 5. The van der Waals surface area contributed by atoms with E-state index in [2.05, 4.69) is 22.3 Å². The lowest BCUT2D eigenvalue weighted by molar-refractivity contribution is 0.104. The van der Waals surface area contributed by atoms with Crippen molar-refractivity contribution in [1.29, 1.82) is 0 Å².